The first-order valence-electron chi connectivity index (χ1n) is 7.54. The van der Waals surface area contributed by atoms with Gasteiger partial charge in [0.15, 0.2) is 0 Å². The Labute approximate surface area is 149 Å². The molecule has 6 heteroatoms. The maximum Gasteiger partial charge on any atom is 0.407 e. The SMILES string of the molecule is Cc1ccc(C(O)C(O)CNC(=O)OCc2ccccc2)c(Br)c1. The zero-order valence-corrected chi connectivity index (χ0v) is 14.9. The van der Waals surface area contributed by atoms with Gasteiger partial charge < -0.3 is 20.3 Å². The third-order valence-corrected chi connectivity index (χ3v) is 4.19. The number of aryl methyl sites for hydroxylation is 1. The van der Waals surface area contributed by atoms with E-state index in [1.165, 1.54) is 0 Å². The summed E-state index contributed by atoms with van der Waals surface area (Å²) in [5, 5.41) is 22.7. The smallest absolute Gasteiger partial charge is 0.407 e. The van der Waals surface area contributed by atoms with Crippen LogP contribution in [-0.2, 0) is 11.3 Å². The highest BCUT2D eigenvalue weighted by atomic mass is 79.9. The Bertz CT molecular complexity index is 678. The lowest BCUT2D eigenvalue weighted by Crippen LogP contribution is -2.35. The van der Waals surface area contributed by atoms with Crippen molar-refractivity contribution >= 4 is 22.0 Å². The number of carbonyl (C=O) groups excluding carboxylic acids is 1. The minimum atomic E-state index is -1.15. The van der Waals surface area contributed by atoms with Crippen molar-refractivity contribution in [1.82, 2.24) is 5.32 Å². The fourth-order valence-corrected chi connectivity index (χ4v) is 2.88. The summed E-state index contributed by atoms with van der Waals surface area (Å²) in [6.07, 6.45) is -2.91. The van der Waals surface area contributed by atoms with E-state index in [0.29, 0.717) is 10.0 Å². The highest BCUT2D eigenvalue weighted by molar-refractivity contribution is 9.10. The summed E-state index contributed by atoms with van der Waals surface area (Å²) in [6.45, 7) is 1.96. The quantitative estimate of drug-likeness (QED) is 0.704. The Morgan fingerprint density at radius 3 is 2.58 bits per heavy atom. The summed E-state index contributed by atoms with van der Waals surface area (Å²) >= 11 is 3.36. The molecule has 0 aromatic heterocycles. The van der Waals surface area contributed by atoms with Gasteiger partial charge in [0.05, 0.1) is 0 Å². The average molecular weight is 394 g/mol. The molecular formula is C18H20BrNO4. The Balaban J connectivity index is 1.81. The van der Waals surface area contributed by atoms with Gasteiger partial charge in [0.25, 0.3) is 0 Å². The van der Waals surface area contributed by atoms with Crippen molar-refractivity contribution in [2.75, 3.05) is 6.54 Å². The van der Waals surface area contributed by atoms with Gasteiger partial charge in [-0.05, 0) is 29.7 Å². The minimum Gasteiger partial charge on any atom is -0.445 e. The van der Waals surface area contributed by atoms with Crippen LogP contribution in [0.25, 0.3) is 0 Å². The number of halogens is 1. The van der Waals surface area contributed by atoms with Crippen LogP contribution in [0.15, 0.2) is 53.0 Å². The summed E-state index contributed by atoms with van der Waals surface area (Å²) in [7, 11) is 0. The van der Waals surface area contributed by atoms with Crippen LogP contribution in [0.3, 0.4) is 0 Å². The topological polar surface area (TPSA) is 78.8 Å². The summed E-state index contributed by atoms with van der Waals surface area (Å²) in [5.41, 5.74) is 2.47. The van der Waals surface area contributed by atoms with Crippen LogP contribution in [0.2, 0.25) is 0 Å². The molecule has 0 spiro atoms. The number of aliphatic hydroxyl groups excluding tert-OH is 2. The zero-order chi connectivity index (χ0) is 17.5. The molecule has 2 atom stereocenters. The predicted octanol–water partition coefficient (Wildman–Crippen LogP) is 3.08. The van der Waals surface area contributed by atoms with Crippen molar-refractivity contribution in [3.05, 3.63) is 69.7 Å². The maximum absolute atomic E-state index is 11.7. The van der Waals surface area contributed by atoms with Crippen LogP contribution in [0.4, 0.5) is 4.79 Å². The molecule has 2 aromatic rings. The molecule has 2 unspecified atom stereocenters. The molecule has 2 aromatic carbocycles. The number of aliphatic hydroxyl groups is 2. The molecule has 0 radical (unpaired) electrons. The third-order valence-electron chi connectivity index (χ3n) is 3.51. The Hall–Kier alpha value is -1.89. The van der Waals surface area contributed by atoms with E-state index < -0.39 is 18.3 Å². The first-order valence-corrected chi connectivity index (χ1v) is 8.33. The summed E-state index contributed by atoms with van der Waals surface area (Å²) < 4.78 is 5.76. The molecule has 0 fully saturated rings. The van der Waals surface area contributed by atoms with E-state index >= 15 is 0 Å². The number of rotatable bonds is 6. The van der Waals surface area contributed by atoms with Gasteiger partial charge in [-0.3, -0.25) is 0 Å². The van der Waals surface area contributed by atoms with E-state index in [2.05, 4.69) is 21.2 Å². The number of hydrogen-bond donors (Lipinski definition) is 3. The summed E-state index contributed by atoms with van der Waals surface area (Å²) in [5.74, 6) is 0. The van der Waals surface area contributed by atoms with E-state index in [9.17, 15) is 15.0 Å². The molecule has 2 rings (SSSR count). The lowest BCUT2D eigenvalue weighted by atomic mass is 10.0. The second-order valence-electron chi connectivity index (χ2n) is 5.48. The number of benzene rings is 2. The predicted molar refractivity (Wildman–Crippen MR) is 94.5 cm³/mol. The number of hydrogen-bond acceptors (Lipinski definition) is 4. The molecule has 0 aliphatic rings. The van der Waals surface area contributed by atoms with Crippen LogP contribution in [0.1, 0.15) is 22.8 Å². The largest absolute Gasteiger partial charge is 0.445 e. The van der Waals surface area contributed by atoms with Crippen LogP contribution in [-0.4, -0.2) is 29.0 Å². The molecule has 0 heterocycles. The zero-order valence-electron chi connectivity index (χ0n) is 13.3. The number of carbonyl (C=O) groups is 1. The van der Waals surface area contributed by atoms with E-state index in [-0.39, 0.29) is 13.2 Å². The number of alkyl carbamates (subject to hydrolysis) is 1. The standard InChI is InChI=1S/C18H20BrNO4/c1-12-7-8-14(15(19)9-12)17(22)16(21)10-20-18(23)24-11-13-5-3-2-4-6-13/h2-9,16-17,21-22H,10-11H2,1H3,(H,20,23). The molecular weight excluding hydrogens is 374 g/mol. The van der Waals surface area contributed by atoms with Crippen molar-refractivity contribution in [2.45, 2.75) is 25.7 Å². The molecule has 5 nitrogen and oxygen atoms in total. The summed E-state index contributed by atoms with van der Waals surface area (Å²) in [4.78, 5) is 11.7. The number of amides is 1. The van der Waals surface area contributed by atoms with Crippen LogP contribution >= 0.6 is 15.9 Å². The summed E-state index contributed by atoms with van der Waals surface area (Å²) in [6, 6.07) is 14.7. The lowest BCUT2D eigenvalue weighted by molar-refractivity contribution is 0.0180. The first kappa shape index (κ1) is 18.4. The lowest BCUT2D eigenvalue weighted by Gasteiger charge is -2.20. The molecule has 3 N–H and O–H groups in total. The molecule has 0 saturated carbocycles. The molecule has 0 bridgehead atoms. The monoisotopic (exact) mass is 393 g/mol. The van der Waals surface area contributed by atoms with Crippen molar-refractivity contribution in [3.63, 3.8) is 0 Å². The van der Waals surface area contributed by atoms with E-state index in [4.69, 9.17) is 4.74 Å². The van der Waals surface area contributed by atoms with Crippen molar-refractivity contribution in [1.29, 1.82) is 0 Å². The maximum atomic E-state index is 11.7. The highest BCUT2D eigenvalue weighted by Gasteiger charge is 2.21. The van der Waals surface area contributed by atoms with Crippen LogP contribution < -0.4 is 5.32 Å². The minimum absolute atomic E-state index is 0.116. The second-order valence-corrected chi connectivity index (χ2v) is 6.33. The van der Waals surface area contributed by atoms with Crippen molar-refractivity contribution in [2.24, 2.45) is 0 Å². The normalized spacial score (nSPS) is 13.2. The molecule has 1 amide bonds. The molecule has 0 saturated heterocycles. The van der Waals surface area contributed by atoms with Gasteiger partial charge in [0, 0.05) is 11.0 Å². The van der Waals surface area contributed by atoms with Crippen LogP contribution in [0.5, 0.6) is 0 Å². The molecule has 128 valence electrons. The van der Waals surface area contributed by atoms with Crippen molar-refractivity contribution in [3.8, 4) is 0 Å². The molecule has 0 aliphatic heterocycles. The fraction of sp³-hybridized carbons (Fsp3) is 0.278. The fourth-order valence-electron chi connectivity index (χ4n) is 2.15. The van der Waals surface area contributed by atoms with Gasteiger partial charge in [-0.25, -0.2) is 4.79 Å². The number of nitrogens with one attached hydrogen (secondary N) is 1. The average Bonchev–Trinajstić information content (AvgIpc) is 2.58. The Morgan fingerprint density at radius 2 is 1.92 bits per heavy atom. The van der Waals surface area contributed by atoms with Gasteiger partial charge in [-0.2, -0.15) is 0 Å². The highest BCUT2D eigenvalue weighted by Crippen LogP contribution is 2.26. The van der Waals surface area contributed by atoms with Gasteiger partial charge in [-0.15, -0.1) is 0 Å². The van der Waals surface area contributed by atoms with Gasteiger partial charge in [-0.1, -0.05) is 58.4 Å². The third kappa shape index (κ3) is 5.33. The Morgan fingerprint density at radius 1 is 1.21 bits per heavy atom. The van der Waals surface area contributed by atoms with E-state index in [1.54, 1.807) is 6.07 Å². The number of ether oxygens (including phenoxy) is 1. The second kappa shape index (κ2) is 8.82. The van der Waals surface area contributed by atoms with Gasteiger partial charge in [0.2, 0.25) is 0 Å². The van der Waals surface area contributed by atoms with Gasteiger partial charge >= 0.3 is 6.09 Å². The molecule has 0 aliphatic carbocycles. The van der Waals surface area contributed by atoms with Crippen molar-refractivity contribution < 1.29 is 19.7 Å². The Kier molecular flexibility index (Phi) is 6.78. The molecule has 24 heavy (non-hydrogen) atoms. The first-order chi connectivity index (χ1) is 11.5. The van der Waals surface area contributed by atoms with Crippen LogP contribution in [0, 0.1) is 6.92 Å². The van der Waals surface area contributed by atoms with Gasteiger partial charge in [0.1, 0.15) is 18.8 Å². The van der Waals surface area contributed by atoms with E-state index in [0.717, 1.165) is 11.1 Å². The van der Waals surface area contributed by atoms with E-state index in [1.807, 2.05) is 49.4 Å².